The molecule has 7 heteroatoms. The van der Waals surface area contributed by atoms with Gasteiger partial charge in [0.1, 0.15) is 5.75 Å². The molecule has 2 aromatic rings. The molecule has 0 heterocycles. The number of rotatable bonds is 3. The van der Waals surface area contributed by atoms with Crippen LogP contribution < -0.4 is 10.1 Å². The van der Waals surface area contributed by atoms with E-state index in [0.29, 0.717) is 11.3 Å². The molecule has 2 rings (SSSR count). The fourth-order valence-corrected chi connectivity index (χ4v) is 2.12. The molecule has 0 fully saturated rings. The first-order valence-electron chi connectivity index (χ1n) is 5.76. The van der Waals surface area contributed by atoms with Crippen molar-refractivity contribution in [3.63, 3.8) is 0 Å². The summed E-state index contributed by atoms with van der Waals surface area (Å²) in [7, 11) is 0. The van der Waals surface area contributed by atoms with E-state index < -0.39 is 6.36 Å². The summed E-state index contributed by atoms with van der Waals surface area (Å²) in [5, 5.41) is 2.60. The fourth-order valence-electron chi connectivity index (χ4n) is 1.57. The van der Waals surface area contributed by atoms with E-state index in [1.807, 2.05) is 6.07 Å². The van der Waals surface area contributed by atoms with Crippen LogP contribution in [0.25, 0.3) is 0 Å². The Morgan fingerprint density at radius 1 is 1.10 bits per heavy atom. The zero-order valence-electron chi connectivity index (χ0n) is 10.4. The largest absolute Gasteiger partial charge is 0.573 e. The first-order valence-corrected chi connectivity index (χ1v) is 6.84. The van der Waals surface area contributed by atoms with Crippen molar-refractivity contribution in [2.24, 2.45) is 0 Å². The number of benzene rings is 2. The topological polar surface area (TPSA) is 38.3 Å². The summed E-state index contributed by atoms with van der Waals surface area (Å²) in [4.78, 5) is 12.0. The van der Waals surface area contributed by atoms with E-state index in [0.717, 1.165) is 15.7 Å². The van der Waals surface area contributed by atoms with Gasteiger partial charge in [-0.25, -0.2) is 0 Å². The van der Waals surface area contributed by atoms with Crippen LogP contribution in [-0.4, -0.2) is 12.3 Å². The molecule has 0 atom stereocenters. The van der Waals surface area contributed by atoms with E-state index >= 15 is 0 Å². The lowest BCUT2D eigenvalue weighted by molar-refractivity contribution is -0.274. The van der Waals surface area contributed by atoms with Crippen LogP contribution >= 0.6 is 22.6 Å². The molecule has 0 unspecified atom stereocenters. The lowest BCUT2D eigenvalue weighted by Gasteiger charge is -2.10. The van der Waals surface area contributed by atoms with E-state index in [4.69, 9.17) is 0 Å². The van der Waals surface area contributed by atoms with Gasteiger partial charge >= 0.3 is 6.36 Å². The second kappa shape index (κ2) is 6.33. The SMILES string of the molecule is O=C(Nc1ccc(OC(F)(F)F)cc1)c1cccc(I)c1. The van der Waals surface area contributed by atoms with Gasteiger partial charge in [0, 0.05) is 14.8 Å². The van der Waals surface area contributed by atoms with Crippen molar-refractivity contribution in [1.82, 2.24) is 0 Å². The van der Waals surface area contributed by atoms with Gasteiger partial charge in [0.2, 0.25) is 0 Å². The maximum Gasteiger partial charge on any atom is 0.573 e. The number of amides is 1. The predicted molar refractivity (Wildman–Crippen MR) is 80.2 cm³/mol. The molecule has 0 spiro atoms. The molecule has 0 aliphatic heterocycles. The van der Waals surface area contributed by atoms with Crippen LogP contribution in [0.4, 0.5) is 18.9 Å². The standard InChI is InChI=1S/C14H9F3INO2/c15-14(16,17)21-12-6-4-11(5-7-12)19-13(20)9-2-1-3-10(18)8-9/h1-8H,(H,19,20). The van der Waals surface area contributed by atoms with Gasteiger partial charge in [0.25, 0.3) is 5.91 Å². The van der Waals surface area contributed by atoms with E-state index in [9.17, 15) is 18.0 Å². The van der Waals surface area contributed by atoms with E-state index in [-0.39, 0.29) is 11.7 Å². The number of halogens is 4. The first kappa shape index (κ1) is 15.6. The fraction of sp³-hybridized carbons (Fsp3) is 0.0714. The second-order valence-electron chi connectivity index (χ2n) is 4.04. The molecule has 0 bridgehead atoms. The first-order chi connectivity index (χ1) is 9.83. The Kier molecular flexibility index (Phi) is 4.71. The van der Waals surface area contributed by atoms with Gasteiger partial charge in [0.05, 0.1) is 0 Å². The predicted octanol–water partition coefficient (Wildman–Crippen LogP) is 4.44. The van der Waals surface area contributed by atoms with Gasteiger partial charge in [-0.15, -0.1) is 13.2 Å². The summed E-state index contributed by atoms with van der Waals surface area (Å²) in [5.41, 5.74) is 0.853. The highest BCUT2D eigenvalue weighted by atomic mass is 127. The summed E-state index contributed by atoms with van der Waals surface area (Å²) in [6.07, 6.45) is -4.73. The molecule has 2 aromatic carbocycles. The van der Waals surface area contributed by atoms with Crippen molar-refractivity contribution in [3.05, 3.63) is 57.7 Å². The minimum absolute atomic E-state index is 0.335. The average molecular weight is 407 g/mol. The highest BCUT2D eigenvalue weighted by Crippen LogP contribution is 2.24. The summed E-state index contributed by atoms with van der Waals surface area (Å²) in [5.74, 6) is -0.673. The van der Waals surface area contributed by atoms with E-state index in [1.54, 1.807) is 18.2 Å². The van der Waals surface area contributed by atoms with Gasteiger partial charge in [-0.05, 0) is 65.1 Å². The Morgan fingerprint density at radius 2 is 1.76 bits per heavy atom. The molecule has 0 saturated carbocycles. The number of carbonyl (C=O) groups is 1. The number of hydrogen-bond donors (Lipinski definition) is 1. The van der Waals surface area contributed by atoms with Crippen molar-refractivity contribution >= 4 is 34.2 Å². The smallest absolute Gasteiger partial charge is 0.406 e. The van der Waals surface area contributed by atoms with Crippen LogP contribution in [0.3, 0.4) is 0 Å². The number of anilines is 1. The maximum absolute atomic E-state index is 12.0. The molecule has 0 aliphatic rings. The molecule has 1 N–H and O–H groups in total. The number of nitrogens with one attached hydrogen (secondary N) is 1. The Balaban J connectivity index is 2.05. The van der Waals surface area contributed by atoms with Crippen LogP contribution in [0.5, 0.6) is 5.75 Å². The molecule has 3 nitrogen and oxygen atoms in total. The molecule has 0 aliphatic carbocycles. The summed E-state index contributed by atoms with van der Waals surface area (Å²) in [6.45, 7) is 0. The second-order valence-corrected chi connectivity index (χ2v) is 5.28. The van der Waals surface area contributed by atoms with Crippen molar-refractivity contribution < 1.29 is 22.7 Å². The van der Waals surface area contributed by atoms with Crippen LogP contribution in [0.2, 0.25) is 0 Å². The molecule has 1 amide bonds. The molecule has 0 aromatic heterocycles. The third-order valence-corrected chi connectivity index (χ3v) is 3.10. The summed E-state index contributed by atoms with van der Waals surface area (Å²) in [6, 6.07) is 11.9. The number of alkyl halides is 3. The Bertz CT molecular complexity index is 641. The van der Waals surface area contributed by atoms with E-state index in [2.05, 4.69) is 32.6 Å². The Labute approximate surface area is 132 Å². The van der Waals surface area contributed by atoms with E-state index in [1.165, 1.54) is 12.1 Å². The quantitative estimate of drug-likeness (QED) is 0.765. The average Bonchev–Trinajstić information content (AvgIpc) is 2.39. The minimum Gasteiger partial charge on any atom is -0.406 e. The Morgan fingerprint density at radius 3 is 2.33 bits per heavy atom. The highest BCUT2D eigenvalue weighted by molar-refractivity contribution is 14.1. The molecule has 110 valence electrons. The summed E-state index contributed by atoms with van der Waals surface area (Å²) >= 11 is 2.08. The Hall–Kier alpha value is -1.77. The van der Waals surface area contributed by atoms with Crippen molar-refractivity contribution in [3.8, 4) is 5.75 Å². The molecular weight excluding hydrogens is 398 g/mol. The molecule has 21 heavy (non-hydrogen) atoms. The zero-order valence-corrected chi connectivity index (χ0v) is 12.6. The van der Waals surface area contributed by atoms with Crippen LogP contribution in [0.1, 0.15) is 10.4 Å². The number of carbonyl (C=O) groups excluding carboxylic acids is 1. The van der Waals surface area contributed by atoms with Crippen molar-refractivity contribution in [2.75, 3.05) is 5.32 Å². The number of hydrogen-bond acceptors (Lipinski definition) is 2. The maximum atomic E-state index is 12.0. The normalized spacial score (nSPS) is 11.0. The molecule has 0 radical (unpaired) electrons. The van der Waals surface area contributed by atoms with Gasteiger partial charge < -0.3 is 10.1 Å². The lowest BCUT2D eigenvalue weighted by Crippen LogP contribution is -2.17. The summed E-state index contributed by atoms with van der Waals surface area (Å²) < 4.78 is 40.7. The van der Waals surface area contributed by atoms with Crippen LogP contribution in [0.15, 0.2) is 48.5 Å². The highest BCUT2D eigenvalue weighted by Gasteiger charge is 2.30. The van der Waals surface area contributed by atoms with Gasteiger partial charge in [-0.2, -0.15) is 0 Å². The van der Waals surface area contributed by atoms with Gasteiger partial charge in [-0.3, -0.25) is 4.79 Å². The van der Waals surface area contributed by atoms with Crippen molar-refractivity contribution in [1.29, 1.82) is 0 Å². The monoisotopic (exact) mass is 407 g/mol. The lowest BCUT2D eigenvalue weighted by atomic mass is 10.2. The number of ether oxygens (including phenoxy) is 1. The third kappa shape index (κ3) is 4.92. The molecule has 0 saturated heterocycles. The van der Waals surface area contributed by atoms with Crippen LogP contribution in [0, 0.1) is 3.57 Å². The zero-order chi connectivity index (χ0) is 15.5. The van der Waals surface area contributed by atoms with Gasteiger partial charge in [-0.1, -0.05) is 6.07 Å². The van der Waals surface area contributed by atoms with Crippen molar-refractivity contribution in [2.45, 2.75) is 6.36 Å². The van der Waals surface area contributed by atoms with Crippen LogP contribution in [-0.2, 0) is 0 Å². The van der Waals surface area contributed by atoms with Gasteiger partial charge in [0.15, 0.2) is 0 Å². The third-order valence-electron chi connectivity index (χ3n) is 2.43. The molecular formula is C14H9F3INO2. The minimum atomic E-state index is -4.73.